The van der Waals surface area contributed by atoms with Gasteiger partial charge in [0.25, 0.3) is 0 Å². The largest absolute Gasteiger partial charge is 0.353 e. The lowest BCUT2D eigenvalue weighted by Crippen LogP contribution is -2.31. The minimum atomic E-state index is 0. The van der Waals surface area contributed by atoms with Crippen LogP contribution in [0.2, 0.25) is 0 Å². The van der Waals surface area contributed by atoms with Crippen molar-refractivity contribution in [2.45, 2.75) is 44.2 Å². The molecule has 2 aliphatic rings. The molecule has 76 valence electrons. The summed E-state index contributed by atoms with van der Waals surface area (Å²) in [6, 6.07) is 0.759. The van der Waals surface area contributed by atoms with Crippen molar-refractivity contribution in [2.75, 3.05) is 0 Å². The Morgan fingerprint density at radius 2 is 1.92 bits per heavy atom. The maximum atomic E-state index is 11.5. The van der Waals surface area contributed by atoms with Crippen LogP contribution in [0, 0.1) is 5.92 Å². The van der Waals surface area contributed by atoms with E-state index < -0.39 is 0 Å². The van der Waals surface area contributed by atoms with Crippen LogP contribution in [0.4, 0.5) is 0 Å². The van der Waals surface area contributed by atoms with Gasteiger partial charge in [-0.25, -0.2) is 0 Å². The molecule has 4 heteroatoms. The highest BCUT2D eigenvalue weighted by molar-refractivity contribution is 5.85. The third-order valence-corrected chi connectivity index (χ3v) is 2.77. The Balaban J connectivity index is 0.000000845. The minimum absolute atomic E-state index is 0. The van der Waals surface area contributed by atoms with Gasteiger partial charge in [0.1, 0.15) is 0 Å². The Kier molecular flexibility index (Phi) is 3.56. The highest BCUT2D eigenvalue weighted by Gasteiger charge is 2.31. The quantitative estimate of drug-likeness (QED) is 0.700. The smallest absolute Gasteiger partial charge is 0.223 e. The number of nitrogens with two attached hydrogens (primary N) is 1. The van der Waals surface area contributed by atoms with E-state index >= 15 is 0 Å². The monoisotopic (exact) mass is 204 g/mol. The molecule has 13 heavy (non-hydrogen) atoms. The fraction of sp³-hybridized carbons (Fsp3) is 0.889. The number of nitrogens with one attached hydrogen (secondary N) is 1. The van der Waals surface area contributed by atoms with Gasteiger partial charge >= 0.3 is 0 Å². The summed E-state index contributed by atoms with van der Waals surface area (Å²) >= 11 is 0. The Bertz CT molecular complexity index is 194. The number of carbonyl (C=O) groups is 1. The van der Waals surface area contributed by atoms with Crippen molar-refractivity contribution in [1.29, 1.82) is 0 Å². The third-order valence-electron chi connectivity index (χ3n) is 2.77. The van der Waals surface area contributed by atoms with E-state index in [1.165, 1.54) is 12.8 Å². The lowest BCUT2D eigenvalue weighted by Gasteiger charge is -2.09. The Labute approximate surface area is 84.9 Å². The van der Waals surface area contributed by atoms with Crippen LogP contribution in [0.15, 0.2) is 0 Å². The molecular weight excluding hydrogens is 188 g/mol. The number of carbonyl (C=O) groups excluding carboxylic acids is 1. The minimum Gasteiger partial charge on any atom is -0.353 e. The van der Waals surface area contributed by atoms with Crippen LogP contribution in [-0.2, 0) is 4.79 Å². The summed E-state index contributed by atoms with van der Waals surface area (Å²) < 4.78 is 0. The van der Waals surface area contributed by atoms with E-state index in [-0.39, 0.29) is 30.3 Å². The van der Waals surface area contributed by atoms with E-state index in [0.717, 1.165) is 19.3 Å². The van der Waals surface area contributed by atoms with Crippen LogP contribution in [0.1, 0.15) is 32.1 Å². The van der Waals surface area contributed by atoms with Crippen LogP contribution in [0.5, 0.6) is 0 Å². The molecule has 0 aliphatic heterocycles. The van der Waals surface area contributed by atoms with Crippen LogP contribution >= 0.6 is 12.4 Å². The molecule has 0 aromatic carbocycles. The average molecular weight is 205 g/mol. The highest BCUT2D eigenvalue weighted by atomic mass is 35.5. The van der Waals surface area contributed by atoms with Gasteiger partial charge in [-0.05, 0) is 32.1 Å². The lowest BCUT2D eigenvalue weighted by atomic mass is 10.1. The topological polar surface area (TPSA) is 55.1 Å². The summed E-state index contributed by atoms with van der Waals surface area (Å²) in [4.78, 5) is 11.5. The molecule has 0 aromatic heterocycles. The van der Waals surface area contributed by atoms with Crippen molar-refractivity contribution in [3.8, 4) is 0 Å². The Morgan fingerprint density at radius 3 is 2.38 bits per heavy atom. The summed E-state index contributed by atoms with van der Waals surface area (Å²) in [5.74, 6) is 0.450. The zero-order chi connectivity index (χ0) is 8.55. The molecule has 0 heterocycles. The molecule has 0 saturated heterocycles. The molecule has 0 spiro atoms. The molecule has 2 atom stereocenters. The zero-order valence-electron chi connectivity index (χ0n) is 7.66. The second kappa shape index (κ2) is 4.29. The van der Waals surface area contributed by atoms with Gasteiger partial charge in [0.05, 0.1) is 0 Å². The normalized spacial score (nSPS) is 32.4. The fourth-order valence-electron chi connectivity index (χ4n) is 1.80. The number of halogens is 1. The van der Waals surface area contributed by atoms with E-state index in [9.17, 15) is 4.79 Å². The van der Waals surface area contributed by atoms with Crippen LogP contribution in [0.25, 0.3) is 0 Å². The maximum absolute atomic E-state index is 11.5. The van der Waals surface area contributed by atoms with Crippen LogP contribution < -0.4 is 11.1 Å². The predicted molar refractivity (Wildman–Crippen MR) is 53.7 cm³/mol. The second-order valence-corrected chi connectivity index (χ2v) is 4.05. The Morgan fingerprint density at radius 1 is 1.23 bits per heavy atom. The average Bonchev–Trinajstić information content (AvgIpc) is 2.72. The molecule has 0 aromatic rings. The maximum Gasteiger partial charge on any atom is 0.223 e. The molecular formula is C9H17ClN2O. The van der Waals surface area contributed by atoms with Crippen LogP contribution in [-0.4, -0.2) is 18.0 Å². The molecule has 3 nitrogen and oxygen atoms in total. The van der Waals surface area contributed by atoms with E-state index in [4.69, 9.17) is 5.73 Å². The molecule has 2 fully saturated rings. The summed E-state index contributed by atoms with van der Waals surface area (Å²) in [6.07, 6.45) is 5.23. The predicted octanol–water partition coefficient (Wildman–Crippen LogP) is 0.814. The molecule has 1 amide bonds. The molecule has 2 aliphatic carbocycles. The zero-order valence-corrected chi connectivity index (χ0v) is 8.48. The van der Waals surface area contributed by atoms with E-state index in [1.54, 1.807) is 0 Å². The van der Waals surface area contributed by atoms with Crippen molar-refractivity contribution in [3.05, 3.63) is 0 Å². The summed E-state index contributed by atoms with van der Waals surface area (Å²) in [5.41, 5.74) is 5.73. The highest BCUT2D eigenvalue weighted by Crippen LogP contribution is 2.26. The first-order valence-electron chi connectivity index (χ1n) is 4.81. The SMILES string of the molecule is Cl.N[C@H]1CC[C@@H](C(=O)NC2CC2)C1. The third kappa shape index (κ3) is 2.85. The molecule has 2 rings (SSSR count). The fourth-order valence-corrected chi connectivity index (χ4v) is 1.80. The van der Waals surface area contributed by atoms with Crippen molar-refractivity contribution >= 4 is 18.3 Å². The number of amides is 1. The first-order chi connectivity index (χ1) is 5.75. The van der Waals surface area contributed by atoms with Gasteiger partial charge in [-0.3, -0.25) is 4.79 Å². The van der Waals surface area contributed by atoms with Gasteiger partial charge in [0.2, 0.25) is 5.91 Å². The summed E-state index contributed by atoms with van der Waals surface area (Å²) in [5, 5.41) is 3.02. The number of hydrogen-bond acceptors (Lipinski definition) is 2. The van der Waals surface area contributed by atoms with Gasteiger partial charge in [0.15, 0.2) is 0 Å². The van der Waals surface area contributed by atoms with Crippen molar-refractivity contribution in [3.63, 3.8) is 0 Å². The molecule has 0 unspecified atom stereocenters. The van der Waals surface area contributed by atoms with E-state index in [1.807, 2.05) is 0 Å². The van der Waals surface area contributed by atoms with Gasteiger partial charge in [-0.1, -0.05) is 0 Å². The van der Waals surface area contributed by atoms with E-state index in [2.05, 4.69) is 5.32 Å². The molecule has 2 saturated carbocycles. The molecule has 0 bridgehead atoms. The summed E-state index contributed by atoms with van der Waals surface area (Å²) in [6.45, 7) is 0. The van der Waals surface area contributed by atoms with E-state index in [0.29, 0.717) is 6.04 Å². The van der Waals surface area contributed by atoms with Gasteiger partial charge in [0, 0.05) is 18.0 Å². The van der Waals surface area contributed by atoms with Gasteiger partial charge < -0.3 is 11.1 Å². The molecule has 3 N–H and O–H groups in total. The number of rotatable bonds is 2. The Hall–Kier alpha value is -0.280. The first-order valence-corrected chi connectivity index (χ1v) is 4.81. The first kappa shape index (κ1) is 10.8. The van der Waals surface area contributed by atoms with Gasteiger partial charge in [-0.2, -0.15) is 0 Å². The second-order valence-electron chi connectivity index (χ2n) is 4.05. The van der Waals surface area contributed by atoms with Crippen molar-refractivity contribution in [1.82, 2.24) is 5.32 Å². The lowest BCUT2D eigenvalue weighted by molar-refractivity contribution is -0.124. The van der Waals surface area contributed by atoms with Crippen molar-refractivity contribution in [2.24, 2.45) is 11.7 Å². The number of hydrogen-bond donors (Lipinski definition) is 2. The van der Waals surface area contributed by atoms with Crippen molar-refractivity contribution < 1.29 is 4.79 Å². The standard InChI is InChI=1S/C9H16N2O.ClH/c10-7-2-1-6(5-7)9(12)11-8-3-4-8;/h6-8H,1-5,10H2,(H,11,12);1H/t6-,7+;/m1./s1. The van der Waals surface area contributed by atoms with Crippen LogP contribution in [0.3, 0.4) is 0 Å². The molecule has 0 radical (unpaired) electrons. The van der Waals surface area contributed by atoms with Gasteiger partial charge in [-0.15, -0.1) is 12.4 Å². The summed E-state index contributed by atoms with van der Waals surface area (Å²) in [7, 11) is 0.